The molecule has 0 atom stereocenters. The van der Waals surface area contributed by atoms with Crippen LogP contribution in [-0.4, -0.2) is 53.8 Å². The normalized spacial score (nSPS) is 13.3. The number of nitrogens with one attached hydrogen (secondary N) is 2. The number of aromatic nitrogens is 1. The molecule has 1 aliphatic rings. The summed E-state index contributed by atoms with van der Waals surface area (Å²) in [6.07, 6.45) is 2.45. The fourth-order valence-corrected chi connectivity index (χ4v) is 3.59. The molecule has 2 aromatic carbocycles. The lowest BCUT2D eigenvalue weighted by molar-refractivity contribution is -0.605. The first kappa shape index (κ1) is 22.7. The van der Waals surface area contributed by atoms with Crippen LogP contribution in [0.25, 0.3) is 0 Å². The predicted octanol–water partition coefficient (Wildman–Crippen LogP) is 2.70. The van der Waals surface area contributed by atoms with E-state index in [0.717, 1.165) is 0 Å². The number of benzene rings is 2. The van der Waals surface area contributed by atoms with Gasteiger partial charge in [0, 0.05) is 49.2 Å². The second kappa shape index (κ2) is 9.99. The first-order valence-corrected chi connectivity index (χ1v) is 10.6. The molecular weight excluding hydrogens is 441 g/mol. The minimum atomic E-state index is -0.472. The Balaban J connectivity index is 1.32. The third kappa shape index (κ3) is 5.47. The van der Waals surface area contributed by atoms with Crippen LogP contribution >= 0.6 is 0 Å². The SMILES string of the molecule is O=C(Nc1cccc(NC(=O)N2CCN(C(=O)c3cccc(F)c3)CC2)c1)c1ccc[n+]([O-])c1. The zero-order chi connectivity index (χ0) is 24.1. The van der Waals surface area contributed by atoms with Crippen molar-refractivity contribution in [3.8, 4) is 0 Å². The summed E-state index contributed by atoms with van der Waals surface area (Å²) in [6.45, 7) is 1.31. The van der Waals surface area contributed by atoms with Gasteiger partial charge in [-0.1, -0.05) is 12.1 Å². The Morgan fingerprint density at radius 3 is 2.18 bits per heavy atom. The highest BCUT2D eigenvalue weighted by molar-refractivity contribution is 6.04. The Morgan fingerprint density at radius 1 is 0.824 bits per heavy atom. The molecule has 2 N–H and O–H groups in total. The Kier molecular flexibility index (Phi) is 6.67. The van der Waals surface area contributed by atoms with Gasteiger partial charge in [0.2, 0.25) is 0 Å². The van der Waals surface area contributed by atoms with Gasteiger partial charge >= 0.3 is 6.03 Å². The average Bonchev–Trinajstić information content (AvgIpc) is 2.84. The van der Waals surface area contributed by atoms with Crippen LogP contribution in [0.1, 0.15) is 20.7 Å². The van der Waals surface area contributed by atoms with Crippen molar-refractivity contribution in [1.29, 1.82) is 0 Å². The average molecular weight is 463 g/mol. The number of pyridine rings is 1. The van der Waals surface area contributed by atoms with E-state index < -0.39 is 11.7 Å². The second-order valence-electron chi connectivity index (χ2n) is 7.71. The summed E-state index contributed by atoms with van der Waals surface area (Å²) >= 11 is 0. The van der Waals surface area contributed by atoms with Gasteiger partial charge in [-0.3, -0.25) is 9.59 Å². The van der Waals surface area contributed by atoms with Crippen molar-refractivity contribution in [2.45, 2.75) is 0 Å². The molecule has 0 saturated carbocycles. The quantitative estimate of drug-likeness (QED) is 0.458. The molecule has 3 aromatic rings. The third-order valence-electron chi connectivity index (χ3n) is 5.33. The van der Waals surface area contributed by atoms with Crippen molar-refractivity contribution in [2.75, 3.05) is 36.8 Å². The number of halogens is 1. The number of nitrogens with zero attached hydrogens (tertiary/aromatic N) is 3. The summed E-state index contributed by atoms with van der Waals surface area (Å²) in [7, 11) is 0. The van der Waals surface area contributed by atoms with Gasteiger partial charge in [-0.15, -0.1) is 0 Å². The summed E-state index contributed by atoms with van der Waals surface area (Å²) in [5.41, 5.74) is 1.41. The molecule has 4 rings (SSSR count). The summed E-state index contributed by atoms with van der Waals surface area (Å²) in [4.78, 5) is 40.8. The largest absolute Gasteiger partial charge is 0.619 e. The van der Waals surface area contributed by atoms with Crippen molar-refractivity contribution in [3.63, 3.8) is 0 Å². The van der Waals surface area contributed by atoms with Gasteiger partial charge in [-0.05, 0) is 42.5 Å². The molecule has 1 aromatic heterocycles. The summed E-state index contributed by atoms with van der Waals surface area (Å²) in [5.74, 6) is -1.20. The number of carbonyl (C=O) groups is 3. The minimum Gasteiger partial charge on any atom is -0.619 e. The lowest BCUT2D eigenvalue weighted by Gasteiger charge is -2.34. The number of hydrogen-bond acceptors (Lipinski definition) is 4. The maximum atomic E-state index is 13.4. The molecule has 1 aliphatic heterocycles. The molecule has 0 bridgehead atoms. The molecule has 10 heteroatoms. The summed E-state index contributed by atoms with van der Waals surface area (Å²) in [5, 5.41) is 16.8. The number of piperazine rings is 1. The molecule has 2 heterocycles. The van der Waals surface area contributed by atoms with Gasteiger partial charge in [0.25, 0.3) is 11.8 Å². The van der Waals surface area contributed by atoms with E-state index in [1.165, 1.54) is 42.7 Å². The topological polar surface area (TPSA) is 109 Å². The Morgan fingerprint density at radius 2 is 1.47 bits per heavy atom. The Hall–Kier alpha value is -4.47. The zero-order valence-electron chi connectivity index (χ0n) is 18.1. The van der Waals surface area contributed by atoms with Gasteiger partial charge in [0.1, 0.15) is 11.4 Å². The minimum absolute atomic E-state index is 0.206. The van der Waals surface area contributed by atoms with E-state index in [4.69, 9.17) is 0 Å². The maximum absolute atomic E-state index is 13.4. The number of urea groups is 1. The standard InChI is InChI=1S/C24H22FN5O4/c25-19-6-1-4-17(14-19)23(32)28-10-12-29(13-11-28)24(33)27-21-8-2-7-20(15-21)26-22(31)18-5-3-9-30(34)16-18/h1-9,14-16H,10-13H2,(H,26,31)(H,27,33). The first-order valence-electron chi connectivity index (χ1n) is 10.6. The molecule has 9 nitrogen and oxygen atoms in total. The number of hydrogen-bond donors (Lipinski definition) is 2. The molecule has 34 heavy (non-hydrogen) atoms. The number of rotatable bonds is 4. The van der Waals surface area contributed by atoms with Gasteiger partial charge in [0.05, 0.1) is 0 Å². The van der Waals surface area contributed by atoms with E-state index in [1.807, 2.05) is 0 Å². The van der Waals surface area contributed by atoms with Gasteiger partial charge in [-0.2, -0.15) is 4.73 Å². The van der Waals surface area contributed by atoms with Crippen LogP contribution in [0.2, 0.25) is 0 Å². The smallest absolute Gasteiger partial charge is 0.321 e. The highest BCUT2D eigenvalue weighted by atomic mass is 19.1. The Labute approximate surface area is 195 Å². The van der Waals surface area contributed by atoms with Crippen LogP contribution in [0.15, 0.2) is 73.1 Å². The number of anilines is 2. The molecule has 4 amide bonds. The lowest BCUT2D eigenvalue weighted by Crippen LogP contribution is -2.51. The zero-order valence-corrected chi connectivity index (χ0v) is 18.1. The van der Waals surface area contributed by atoms with Gasteiger partial charge in [0.15, 0.2) is 12.4 Å². The maximum Gasteiger partial charge on any atom is 0.321 e. The molecule has 0 spiro atoms. The van der Waals surface area contributed by atoms with Crippen LogP contribution in [-0.2, 0) is 0 Å². The summed E-state index contributed by atoms with van der Waals surface area (Å²) in [6, 6.07) is 14.8. The van der Waals surface area contributed by atoms with Crippen LogP contribution < -0.4 is 15.4 Å². The van der Waals surface area contributed by atoms with Gasteiger partial charge < -0.3 is 25.6 Å². The molecule has 0 aliphatic carbocycles. The van der Waals surface area contributed by atoms with Crippen molar-refractivity contribution >= 4 is 29.2 Å². The summed E-state index contributed by atoms with van der Waals surface area (Å²) < 4.78 is 13.9. The molecular formula is C24H22FN5O4. The highest BCUT2D eigenvalue weighted by Gasteiger charge is 2.25. The van der Waals surface area contributed by atoms with Gasteiger partial charge in [-0.25, -0.2) is 9.18 Å². The Bertz CT molecular complexity index is 1230. The van der Waals surface area contributed by atoms with E-state index in [2.05, 4.69) is 10.6 Å². The molecule has 1 fully saturated rings. The van der Waals surface area contributed by atoms with E-state index in [-0.39, 0.29) is 23.1 Å². The van der Waals surface area contributed by atoms with Crippen molar-refractivity contribution < 1.29 is 23.5 Å². The fraction of sp³-hybridized carbons (Fsp3) is 0.167. The molecule has 0 unspecified atom stereocenters. The second-order valence-corrected chi connectivity index (χ2v) is 7.71. The van der Waals surface area contributed by atoms with Crippen LogP contribution in [0.5, 0.6) is 0 Å². The van der Waals surface area contributed by atoms with E-state index in [9.17, 15) is 24.0 Å². The monoisotopic (exact) mass is 463 g/mol. The van der Waals surface area contributed by atoms with E-state index in [0.29, 0.717) is 42.3 Å². The van der Waals surface area contributed by atoms with E-state index in [1.54, 1.807) is 40.1 Å². The van der Waals surface area contributed by atoms with Crippen molar-refractivity contribution in [2.24, 2.45) is 0 Å². The van der Waals surface area contributed by atoms with Crippen LogP contribution in [0.3, 0.4) is 0 Å². The predicted molar refractivity (Wildman–Crippen MR) is 123 cm³/mol. The first-order chi connectivity index (χ1) is 16.4. The lowest BCUT2D eigenvalue weighted by atomic mass is 10.2. The van der Waals surface area contributed by atoms with Crippen LogP contribution in [0.4, 0.5) is 20.6 Å². The highest BCUT2D eigenvalue weighted by Crippen LogP contribution is 2.17. The molecule has 0 radical (unpaired) electrons. The third-order valence-corrected chi connectivity index (χ3v) is 5.33. The molecule has 1 saturated heterocycles. The van der Waals surface area contributed by atoms with Crippen molar-refractivity contribution in [1.82, 2.24) is 9.80 Å². The number of amides is 4. The fourth-order valence-electron chi connectivity index (χ4n) is 3.59. The molecule has 174 valence electrons. The van der Waals surface area contributed by atoms with E-state index >= 15 is 0 Å². The number of carbonyl (C=O) groups excluding carboxylic acids is 3. The van der Waals surface area contributed by atoms with Crippen molar-refractivity contribution in [3.05, 3.63) is 95.2 Å². The van der Waals surface area contributed by atoms with Crippen LogP contribution in [0, 0.1) is 11.0 Å².